The molecule has 158 valence electrons. The van der Waals surface area contributed by atoms with Crippen LogP contribution in [0.4, 0.5) is 5.82 Å². The Bertz CT molecular complexity index is 763. The molecule has 0 radical (unpaired) electrons. The van der Waals surface area contributed by atoms with E-state index in [4.69, 9.17) is 9.73 Å². The number of benzene rings is 1. The van der Waals surface area contributed by atoms with E-state index in [1.165, 1.54) is 5.56 Å². The largest absolute Gasteiger partial charge is 0.496 e. The highest BCUT2D eigenvalue weighted by atomic mass is 127. The second-order valence-corrected chi connectivity index (χ2v) is 7.00. The lowest BCUT2D eigenvalue weighted by atomic mass is 10.0. The Morgan fingerprint density at radius 1 is 1.14 bits per heavy atom. The highest BCUT2D eigenvalue weighted by Gasteiger charge is 2.20. The van der Waals surface area contributed by atoms with E-state index in [-0.39, 0.29) is 24.0 Å². The fourth-order valence-electron chi connectivity index (χ4n) is 3.51. The van der Waals surface area contributed by atoms with Crippen molar-refractivity contribution in [3.05, 3.63) is 54.2 Å². The number of guanidine groups is 1. The molecule has 1 fully saturated rings. The molecule has 0 amide bonds. The molecule has 0 spiro atoms. The van der Waals surface area contributed by atoms with Crippen LogP contribution < -0.4 is 15.0 Å². The van der Waals surface area contributed by atoms with E-state index in [0.717, 1.165) is 56.8 Å². The maximum absolute atomic E-state index is 5.50. The van der Waals surface area contributed by atoms with Crippen molar-refractivity contribution < 1.29 is 4.74 Å². The molecule has 1 unspecified atom stereocenters. The van der Waals surface area contributed by atoms with Crippen LogP contribution >= 0.6 is 24.0 Å². The van der Waals surface area contributed by atoms with Gasteiger partial charge >= 0.3 is 0 Å². The number of hydrogen-bond donors (Lipinski definition) is 1. The van der Waals surface area contributed by atoms with Crippen molar-refractivity contribution in [2.45, 2.75) is 19.8 Å². The predicted molar refractivity (Wildman–Crippen MR) is 131 cm³/mol. The van der Waals surface area contributed by atoms with Crippen molar-refractivity contribution in [1.29, 1.82) is 0 Å². The lowest BCUT2D eigenvalue weighted by Crippen LogP contribution is -2.52. The van der Waals surface area contributed by atoms with Gasteiger partial charge in [0.15, 0.2) is 5.96 Å². The summed E-state index contributed by atoms with van der Waals surface area (Å²) < 4.78 is 5.50. The molecule has 3 rings (SSSR count). The van der Waals surface area contributed by atoms with Crippen LogP contribution in [-0.4, -0.2) is 62.2 Å². The number of aromatic nitrogens is 1. The molecule has 1 atom stereocenters. The monoisotopic (exact) mass is 509 g/mol. The number of para-hydroxylation sites is 1. The highest BCUT2D eigenvalue weighted by molar-refractivity contribution is 14.0. The third-order valence-electron chi connectivity index (χ3n) is 5.07. The van der Waals surface area contributed by atoms with Gasteiger partial charge in [-0.1, -0.05) is 31.2 Å². The summed E-state index contributed by atoms with van der Waals surface area (Å²) in [6.07, 6.45) is 1.85. The summed E-state index contributed by atoms with van der Waals surface area (Å²) in [6.45, 7) is 9.67. The molecule has 0 saturated carbocycles. The number of nitrogens with zero attached hydrogens (tertiary/aromatic N) is 4. The summed E-state index contributed by atoms with van der Waals surface area (Å²) >= 11 is 0. The number of nitrogens with one attached hydrogen (secondary N) is 1. The van der Waals surface area contributed by atoms with Crippen molar-refractivity contribution >= 4 is 35.8 Å². The smallest absolute Gasteiger partial charge is 0.194 e. The van der Waals surface area contributed by atoms with Crippen LogP contribution in [-0.2, 0) is 0 Å². The Labute approximate surface area is 191 Å². The standard InChI is InChI=1S/C22H31N5O.HI/c1-4-23-22(25-17-18(2)19-9-5-6-10-20(19)28-3)27-15-13-26(14-16-27)21-11-7-8-12-24-21;/h5-12,18H,4,13-17H2,1-3H3,(H,23,25);1H. The first-order valence-corrected chi connectivity index (χ1v) is 10.0. The summed E-state index contributed by atoms with van der Waals surface area (Å²) in [4.78, 5) is 14.1. The van der Waals surface area contributed by atoms with Crippen molar-refractivity contribution in [2.75, 3.05) is 51.3 Å². The Hall–Kier alpha value is -2.03. The van der Waals surface area contributed by atoms with Gasteiger partial charge in [-0.05, 0) is 30.7 Å². The molecular weight excluding hydrogens is 477 g/mol. The summed E-state index contributed by atoms with van der Waals surface area (Å²) in [5, 5.41) is 3.45. The van der Waals surface area contributed by atoms with Gasteiger partial charge < -0.3 is 19.9 Å². The second kappa shape index (κ2) is 11.8. The first-order valence-electron chi connectivity index (χ1n) is 10.0. The molecule has 7 heteroatoms. The van der Waals surface area contributed by atoms with Crippen LogP contribution in [0.15, 0.2) is 53.7 Å². The van der Waals surface area contributed by atoms with Crippen LogP contribution in [0.1, 0.15) is 25.3 Å². The molecule has 1 N–H and O–H groups in total. The number of hydrogen-bond acceptors (Lipinski definition) is 4. The van der Waals surface area contributed by atoms with E-state index in [1.54, 1.807) is 7.11 Å². The number of ether oxygens (including phenoxy) is 1. The fourth-order valence-corrected chi connectivity index (χ4v) is 3.51. The fraction of sp³-hybridized carbons (Fsp3) is 0.455. The third kappa shape index (κ3) is 6.22. The Kier molecular flexibility index (Phi) is 9.50. The Morgan fingerprint density at radius 2 is 1.86 bits per heavy atom. The second-order valence-electron chi connectivity index (χ2n) is 7.00. The number of halogens is 1. The topological polar surface area (TPSA) is 53.0 Å². The van der Waals surface area contributed by atoms with Crippen LogP contribution in [0.3, 0.4) is 0 Å². The summed E-state index contributed by atoms with van der Waals surface area (Å²) in [5.74, 6) is 3.26. The van der Waals surface area contributed by atoms with Crippen LogP contribution in [0.5, 0.6) is 5.75 Å². The van der Waals surface area contributed by atoms with Crippen LogP contribution in [0.25, 0.3) is 0 Å². The maximum atomic E-state index is 5.50. The predicted octanol–water partition coefficient (Wildman–Crippen LogP) is 3.60. The van der Waals surface area contributed by atoms with Gasteiger partial charge in [0.05, 0.1) is 7.11 Å². The zero-order valence-electron chi connectivity index (χ0n) is 17.5. The van der Waals surface area contributed by atoms with Gasteiger partial charge in [-0.3, -0.25) is 4.99 Å². The average Bonchev–Trinajstić information content (AvgIpc) is 2.77. The van der Waals surface area contributed by atoms with E-state index in [2.05, 4.69) is 52.1 Å². The summed E-state index contributed by atoms with van der Waals surface area (Å²) in [5.41, 5.74) is 1.20. The molecule has 2 aromatic rings. The van der Waals surface area contributed by atoms with Crippen LogP contribution in [0.2, 0.25) is 0 Å². The van der Waals surface area contributed by atoms with Gasteiger partial charge in [0, 0.05) is 51.4 Å². The molecule has 2 heterocycles. The van der Waals surface area contributed by atoms with E-state index >= 15 is 0 Å². The van der Waals surface area contributed by atoms with Gasteiger partial charge in [0.1, 0.15) is 11.6 Å². The minimum absolute atomic E-state index is 0. The van der Waals surface area contributed by atoms with E-state index in [0.29, 0.717) is 5.92 Å². The van der Waals surface area contributed by atoms with Crippen molar-refractivity contribution in [2.24, 2.45) is 4.99 Å². The molecule has 1 saturated heterocycles. The molecule has 0 bridgehead atoms. The molecule has 29 heavy (non-hydrogen) atoms. The van der Waals surface area contributed by atoms with Crippen molar-refractivity contribution in [3.8, 4) is 5.75 Å². The van der Waals surface area contributed by atoms with E-state index in [1.807, 2.05) is 30.5 Å². The molecule has 1 aliphatic rings. The first-order chi connectivity index (χ1) is 13.7. The molecule has 1 aromatic carbocycles. The van der Waals surface area contributed by atoms with Gasteiger partial charge in [0.25, 0.3) is 0 Å². The van der Waals surface area contributed by atoms with Gasteiger partial charge in [-0.15, -0.1) is 24.0 Å². The first kappa shape index (κ1) is 23.3. The van der Waals surface area contributed by atoms with E-state index < -0.39 is 0 Å². The number of anilines is 1. The number of rotatable bonds is 6. The number of pyridine rings is 1. The van der Waals surface area contributed by atoms with Gasteiger partial charge in [-0.25, -0.2) is 4.98 Å². The maximum Gasteiger partial charge on any atom is 0.194 e. The van der Waals surface area contributed by atoms with Crippen molar-refractivity contribution in [1.82, 2.24) is 15.2 Å². The average molecular weight is 509 g/mol. The van der Waals surface area contributed by atoms with Crippen LogP contribution in [0, 0.1) is 0 Å². The van der Waals surface area contributed by atoms with E-state index in [9.17, 15) is 0 Å². The summed E-state index contributed by atoms with van der Waals surface area (Å²) in [7, 11) is 1.72. The van der Waals surface area contributed by atoms with Crippen molar-refractivity contribution in [3.63, 3.8) is 0 Å². The van der Waals surface area contributed by atoms with Gasteiger partial charge in [0.2, 0.25) is 0 Å². The minimum Gasteiger partial charge on any atom is -0.496 e. The number of methoxy groups -OCH3 is 1. The molecular formula is C22H32IN5O. The quantitative estimate of drug-likeness (QED) is 0.367. The number of aliphatic imine (C=N–C) groups is 1. The lowest BCUT2D eigenvalue weighted by molar-refractivity contribution is 0.371. The highest BCUT2D eigenvalue weighted by Crippen LogP contribution is 2.26. The zero-order chi connectivity index (χ0) is 19.8. The zero-order valence-corrected chi connectivity index (χ0v) is 19.9. The summed E-state index contributed by atoms with van der Waals surface area (Å²) in [6, 6.07) is 14.3. The third-order valence-corrected chi connectivity index (χ3v) is 5.07. The number of piperazine rings is 1. The molecule has 1 aromatic heterocycles. The van der Waals surface area contributed by atoms with Gasteiger partial charge in [-0.2, -0.15) is 0 Å². The Balaban J connectivity index is 0.00000300. The molecule has 6 nitrogen and oxygen atoms in total. The Morgan fingerprint density at radius 3 is 2.52 bits per heavy atom. The molecule has 0 aliphatic carbocycles. The SMILES string of the molecule is CCNC(=NCC(C)c1ccccc1OC)N1CCN(c2ccccn2)CC1.I. The normalized spacial score (nSPS) is 15.5. The lowest BCUT2D eigenvalue weighted by Gasteiger charge is -2.37. The minimum atomic E-state index is 0. The molecule has 1 aliphatic heterocycles.